The van der Waals surface area contributed by atoms with Gasteiger partial charge in [-0.1, -0.05) is 34.5 Å². The molecule has 0 aromatic heterocycles. The van der Waals surface area contributed by atoms with Crippen LogP contribution in [-0.2, 0) is 4.79 Å². The van der Waals surface area contributed by atoms with E-state index in [1.54, 1.807) is 0 Å². The molecule has 1 aromatic rings. The van der Waals surface area contributed by atoms with E-state index in [0.29, 0.717) is 5.91 Å². The van der Waals surface area contributed by atoms with Crippen LogP contribution in [0.4, 0.5) is 0 Å². The fourth-order valence-electron chi connectivity index (χ4n) is 3.78. The third-order valence-electron chi connectivity index (χ3n) is 4.83. The summed E-state index contributed by atoms with van der Waals surface area (Å²) in [5, 5.41) is 0. The van der Waals surface area contributed by atoms with Gasteiger partial charge in [0.15, 0.2) is 0 Å². The van der Waals surface area contributed by atoms with E-state index in [4.69, 9.17) is 5.73 Å². The van der Waals surface area contributed by atoms with Crippen molar-refractivity contribution in [1.29, 1.82) is 0 Å². The number of rotatable bonds is 2. The van der Waals surface area contributed by atoms with Crippen LogP contribution in [0, 0.1) is 5.92 Å². The van der Waals surface area contributed by atoms with Gasteiger partial charge in [0.2, 0.25) is 5.91 Å². The predicted octanol–water partition coefficient (Wildman–Crippen LogP) is 4.05. The number of benzene rings is 1. The predicted molar refractivity (Wildman–Crippen MR) is 95.0 cm³/mol. The number of nitrogens with zero attached hydrogens (tertiary/aromatic N) is 1. The van der Waals surface area contributed by atoms with Gasteiger partial charge in [0.25, 0.3) is 0 Å². The first-order valence-electron chi connectivity index (χ1n) is 7.96. The molecule has 1 aliphatic heterocycles. The average molecular weight is 388 g/mol. The van der Waals surface area contributed by atoms with Crippen molar-refractivity contribution in [3.8, 4) is 0 Å². The summed E-state index contributed by atoms with van der Waals surface area (Å²) in [6, 6.07) is 8.81. The number of carbonyl (C=O) groups is 1. The van der Waals surface area contributed by atoms with Gasteiger partial charge in [0.05, 0.1) is 6.04 Å². The smallest absolute Gasteiger partial charge is 0.226 e. The van der Waals surface area contributed by atoms with Gasteiger partial charge in [-0.3, -0.25) is 4.79 Å². The molecule has 5 heteroatoms. The highest BCUT2D eigenvalue weighted by Crippen LogP contribution is 2.36. The van der Waals surface area contributed by atoms with Crippen molar-refractivity contribution in [2.75, 3.05) is 6.54 Å². The SMILES string of the molecule is Cl.NC1CCCC(C(=O)N2CCCC2c2cccc(Br)c2)C1. The van der Waals surface area contributed by atoms with Crippen LogP contribution < -0.4 is 5.73 Å². The summed E-state index contributed by atoms with van der Waals surface area (Å²) in [7, 11) is 0. The first kappa shape index (κ1) is 17.8. The zero-order valence-electron chi connectivity index (χ0n) is 12.7. The molecule has 1 saturated heterocycles. The lowest BCUT2D eigenvalue weighted by atomic mass is 9.85. The molecule has 1 aromatic carbocycles. The minimum absolute atomic E-state index is 0. The molecule has 2 N–H and O–H groups in total. The lowest BCUT2D eigenvalue weighted by molar-refractivity contribution is -0.137. The summed E-state index contributed by atoms with van der Waals surface area (Å²) in [5.41, 5.74) is 7.30. The Hall–Kier alpha value is -0.580. The van der Waals surface area contributed by atoms with Crippen molar-refractivity contribution < 1.29 is 4.79 Å². The van der Waals surface area contributed by atoms with Crippen molar-refractivity contribution in [1.82, 2.24) is 4.90 Å². The van der Waals surface area contributed by atoms with Crippen molar-refractivity contribution >= 4 is 34.2 Å². The highest BCUT2D eigenvalue weighted by atomic mass is 79.9. The number of hydrogen-bond donors (Lipinski definition) is 1. The van der Waals surface area contributed by atoms with Crippen molar-refractivity contribution in [3.63, 3.8) is 0 Å². The van der Waals surface area contributed by atoms with Crippen molar-refractivity contribution in [3.05, 3.63) is 34.3 Å². The van der Waals surface area contributed by atoms with Crippen LogP contribution in [0.25, 0.3) is 0 Å². The third kappa shape index (κ3) is 3.84. The van der Waals surface area contributed by atoms with Crippen molar-refractivity contribution in [2.24, 2.45) is 11.7 Å². The molecule has 0 radical (unpaired) electrons. The molecule has 1 heterocycles. The van der Waals surface area contributed by atoms with E-state index >= 15 is 0 Å². The Labute approximate surface area is 147 Å². The standard InChI is InChI=1S/C17H23BrN2O.ClH/c18-14-6-1-4-12(10-14)16-8-3-9-20(16)17(21)13-5-2-7-15(19)11-13;/h1,4,6,10,13,15-16H,2-3,5,7-9,11,19H2;1H. The van der Waals surface area contributed by atoms with Gasteiger partial charge in [0.1, 0.15) is 0 Å². The second-order valence-corrected chi connectivity index (χ2v) is 7.28. The van der Waals surface area contributed by atoms with E-state index in [0.717, 1.165) is 49.5 Å². The van der Waals surface area contributed by atoms with Crippen LogP contribution in [0.2, 0.25) is 0 Å². The Balaban J connectivity index is 0.00000176. The van der Waals surface area contributed by atoms with E-state index < -0.39 is 0 Å². The Bertz CT molecular complexity index is 525. The molecule has 3 rings (SSSR count). The van der Waals surface area contributed by atoms with Crippen LogP contribution in [-0.4, -0.2) is 23.4 Å². The van der Waals surface area contributed by atoms with E-state index in [-0.39, 0.29) is 30.4 Å². The summed E-state index contributed by atoms with van der Waals surface area (Å²) < 4.78 is 1.08. The third-order valence-corrected chi connectivity index (χ3v) is 5.33. The quantitative estimate of drug-likeness (QED) is 0.832. The number of halogens is 2. The minimum Gasteiger partial charge on any atom is -0.335 e. The van der Waals surface area contributed by atoms with E-state index in [9.17, 15) is 4.79 Å². The van der Waals surface area contributed by atoms with E-state index in [2.05, 4.69) is 39.0 Å². The van der Waals surface area contributed by atoms with Crippen LogP contribution in [0.5, 0.6) is 0 Å². The number of hydrogen-bond acceptors (Lipinski definition) is 2. The van der Waals surface area contributed by atoms with Gasteiger partial charge in [-0.05, 0) is 49.8 Å². The molecule has 3 nitrogen and oxygen atoms in total. The number of carbonyl (C=O) groups excluding carboxylic acids is 1. The van der Waals surface area contributed by atoms with Gasteiger partial charge in [-0.2, -0.15) is 0 Å². The molecule has 22 heavy (non-hydrogen) atoms. The highest BCUT2D eigenvalue weighted by molar-refractivity contribution is 9.10. The largest absolute Gasteiger partial charge is 0.335 e. The molecule has 122 valence electrons. The van der Waals surface area contributed by atoms with Gasteiger partial charge < -0.3 is 10.6 Å². The minimum atomic E-state index is 0. The average Bonchev–Trinajstić information content (AvgIpc) is 2.96. The van der Waals surface area contributed by atoms with Crippen LogP contribution in [0.15, 0.2) is 28.7 Å². The molecule has 0 bridgehead atoms. The number of nitrogens with two attached hydrogens (primary N) is 1. The molecule has 3 unspecified atom stereocenters. The maximum atomic E-state index is 12.9. The molecule has 3 atom stereocenters. The Morgan fingerprint density at radius 1 is 1.23 bits per heavy atom. The normalized spacial score (nSPS) is 28.3. The second-order valence-electron chi connectivity index (χ2n) is 6.37. The molecular weight excluding hydrogens is 364 g/mol. The lowest BCUT2D eigenvalue weighted by Crippen LogP contribution is -2.40. The molecule has 2 fully saturated rings. The van der Waals surface area contributed by atoms with E-state index in [1.165, 1.54) is 5.56 Å². The first-order valence-corrected chi connectivity index (χ1v) is 8.76. The van der Waals surface area contributed by atoms with E-state index in [1.807, 2.05) is 6.07 Å². The maximum absolute atomic E-state index is 12.9. The second kappa shape index (κ2) is 7.80. The summed E-state index contributed by atoms with van der Waals surface area (Å²) in [5.74, 6) is 0.467. The molecular formula is C17H24BrClN2O. The van der Waals surface area contributed by atoms with Gasteiger partial charge in [0, 0.05) is 23.0 Å². The topological polar surface area (TPSA) is 46.3 Å². The molecule has 1 aliphatic carbocycles. The summed E-state index contributed by atoms with van der Waals surface area (Å²) in [6.45, 7) is 0.891. The maximum Gasteiger partial charge on any atom is 0.226 e. The van der Waals surface area contributed by atoms with Crippen LogP contribution in [0.1, 0.15) is 50.1 Å². The summed E-state index contributed by atoms with van der Waals surface area (Å²) in [4.78, 5) is 15.0. The zero-order chi connectivity index (χ0) is 14.8. The summed E-state index contributed by atoms with van der Waals surface area (Å²) >= 11 is 3.53. The lowest BCUT2D eigenvalue weighted by Gasteiger charge is -2.32. The fraction of sp³-hybridized carbons (Fsp3) is 0.588. The van der Waals surface area contributed by atoms with Crippen molar-refractivity contribution in [2.45, 2.75) is 50.6 Å². The van der Waals surface area contributed by atoms with Crippen LogP contribution >= 0.6 is 28.3 Å². The molecule has 2 aliphatic rings. The number of likely N-dealkylation sites (tertiary alicyclic amines) is 1. The molecule has 1 saturated carbocycles. The number of amides is 1. The highest BCUT2D eigenvalue weighted by Gasteiger charge is 2.35. The van der Waals surface area contributed by atoms with Gasteiger partial charge in [-0.25, -0.2) is 0 Å². The Morgan fingerprint density at radius 3 is 2.77 bits per heavy atom. The molecule has 0 spiro atoms. The Kier molecular flexibility index (Phi) is 6.30. The first-order chi connectivity index (χ1) is 10.1. The fourth-order valence-corrected chi connectivity index (χ4v) is 4.19. The summed E-state index contributed by atoms with van der Waals surface area (Å²) in [6.07, 6.45) is 6.20. The van der Waals surface area contributed by atoms with Gasteiger partial charge in [-0.15, -0.1) is 12.4 Å². The Morgan fingerprint density at radius 2 is 2.05 bits per heavy atom. The van der Waals surface area contributed by atoms with Gasteiger partial charge >= 0.3 is 0 Å². The monoisotopic (exact) mass is 386 g/mol. The zero-order valence-corrected chi connectivity index (χ0v) is 15.1. The molecule has 1 amide bonds. The van der Waals surface area contributed by atoms with Crippen LogP contribution in [0.3, 0.4) is 0 Å².